The molecule has 0 amide bonds. The second-order valence-electron chi connectivity index (χ2n) is 14.0. The minimum atomic E-state index is -2.07. The summed E-state index contributed by atoms with van der Waals surface area (Å²) in [7, 11) is -5.55. The number of ether oxygens (including phenoxy) is 1. The molecule has 0 saturated heterocycles. The van der Waals surface area contributed by atoms with E-state index < -0.39 is 30.3 Å². The lowest BCUT2D eigenvalue weighted by Crippen LogP contribution is -2.60. The van der Waals surface area contributed by atoms with Crippen molar-refractivity contribution >= 4 is 30.7 Å². The average Bonchev–Trinajstić information content (AvgIpc) is 2.78. The molecule has 7 heteroatoms. The molecule has 31 heavy (non-hydrogen) atoms. The summed E-state index contributed by atoms with van der Waals surface area (Å²) >= 11 is 0. The average molecular weight is 485 g/mol. The van der Waals surface area contributed by atoms with Gasteiger partial charge in [0.25, 0.3) is 0 Å². The summed E-state index contributed by atoms with van der Waals surface area (Å²) in [4.78, 5) is 12.6. The number of hydrogen-bond acceptors (Lipinski definition) is 4. The number of carbonyl (C=O) groups is 1. The van der Waals surface area contributed by atoms with Crippen LogP contribution in [0.3, 0.4) is 0 Å². The first-order valence-electron chi connectivity index (χ1n) is 11.9. The molecule has 1 aliphatic carbocycles. The van der Waals surface area contributed by atoms with E-state index in [0.717, 1.165) is 24.5 Å². The molecular formula is C24H48O4Si3. The molecule has 0 N–H and O–H groups in total. The first kappa shape index (κ1) is 27.0. The summed E-state index contributed by atoms with van der Waals surface area (Å²) in [6.07, 6.45) is 3.27. The molecule has 1 aliphatic heterocycles. The number of fused-ring (bicyclic) bond motifs is 1. The van der Waals surface area contributed by atoms with Gasteiger partial charge < -0.3 is 13.6 Å². The van der Waals surface area contributed by atoms with Gasteiger partial charge in [0.2, 0.25) is 0 Å². The molecule has 0 aromatic carbocycles. The largest absolute Gasteiger partial charge is 0.449 e. The number of carbonyl (C=O) groups excluding carboxylic acids is 1. The zero-order valence-electron chi connectivity index (χ0n) is 22.5. The van der Waals surface area contributed by atoms with Crippen LogP contribution in [0.1, 0.15) is 54.4 Å². The Labute approximate surface area is 194 Å². The van der Waals surface area contributed by atoms with E-state index in [4.69, 9.17) is 13.6 Å². The minimum Gasteiger partial charge on any atom is -0.449 e. The summed E-state index contributed by atoms with van der Waals surface area (Å²) in [5, 5.41) is 0.235. The van der Waals surface area contributed by atoms with Gasteiger partial charge in [-0.15, -0.1) is 0 Å². The van der Waals surface area contributed by atoms with E-state index in [1.165, 1.54) is 0 Å². The molecule has 1 fully saturated rings. The lowest BCUT2D eigenvalue weighted by molar-refractivity contribution is -0.156. The molecule has 3 atom stereocenters. The molecular weight excluding hydrogens is 437 g/mol. The van der Waals surface area contributed by atoms with E-state index in [2.05, 4.69) is 87.4 Å². The molecule has 4 nitrogen and oxygen atoms in total. The number of hydrogen-bond donors (Lipinski definition) is 0. The normalized spacial score (nSPS) is 28.3. The van der Waals surface area contributed by atoms with E-state index in [-0.39, 0.29) is 28.3 Å². The zero-order chi connectivity index (χ0) is 24.3. The monoisotopic (exact) mass is 484 g/mol. The Morgan fingerprint density at radius 1 is 0.935 bits per heavy atom. The van der Waals surface area contributed by atoms with Gasteiger partial charge in [-0.3, -0.25) is 0 Å². The van der Waals surface area contributed by atoms with Gasteiger partial charge in [0.15, 0.2) is 22.2 Å². The molecule has 0 spiro atoms. The van der Waals surface area contributed by atoms with Crippen LogP contribution in [0.25, 0.3) is 0 Å². The van der Waals surface area contributed by atoms with Crippen molar-refractivity contribution in [3.8, 4) is 0 Å². The highest BCUT2D eigenvalue weighted by molar-refractivity contribution is 6.76. The van der Waals surface area contributed by atoms with Gasteiger partial charge in [-0.05, 0) is 54.3 Å². The van der Waals surface area contributed by atoms with Crippen LogP contribution in [-0.4, -0.2) is 48.5 Å². The smallest absolute Gasteiger partial charge is 0.331 e. The third-order valence-corrected chi connectivity index (χ3v) is 18.5. The Kier molecular flexibility index (Phi) is 7.17. The minimum absolute atomic E-state index is 0.0752. The maximum Gasteiger partial charge on any atom is 0.331 e. The summed E-state index contributed by atoms with van der Waals surface area (Å²) in [6.45, 7) is 29.9. The van der Waals surface area contributed by atoms with Crippen LogP contribution in [-0.2, 0) is 18.4 Å². The van der Waals surface area contributed by atoms with Crippen molar-refractivity contribution in [2.45, 2.75) is 134 Å². The van der Waals surface area contributed by atoms with Gasteiger partial charge in [-0.25, -0.2) is 4.79 Å². The zero-order valence-corrected chi connectivity index (χ0v) is 25.5. The Hall–Kier alpha value is -0.219. The highest BCUT2D eigenvalue weighted by Gasteiger charge is 2.58. The van der Waals surface area contributed by atoms with E-state index >= 15 is 0 Å². The van der Waals surface area contributed by atoms with E-state index in [1.807, 2.05) is 0 Å². The van der Waals surface area contributed by atoms with Crippen molar-refractivity contribution in [3.63, 3.8) is 0 Å². The molecule has 2 aliphatic rings. The van der Waals surface area contributed by atoms with Crippen molar-refractivity contribution in [1.29, 1.82) is 0 Å². The molecule has 1 heterocycles. The van der Waals surface area contributed by atoms with Crippen LogP contribution < -0.4 is 0 Å². The van der Waals surface area contributed by atoms with Crippen LogP contribution in [0.5, 0.6) is 0 Å². The predicted molar refractivity (Wildman–Crippen MR) is 138 cm³/mol. The molecule has 0 aromatic rings. The first-order chi connectivity index (χ1) is 13.6. The third kappa shape index (κ3) is 5.83. The topological polar surface area (TPSA) is 44.8 Å². The first-order valence-corrected chi connectivity index (χ1v) is 21.4. The summed E-state index contributed by atoms with van der Waals surface area (Å²) in [5.41, 5.74) is 0.503. The Morgan fingerprint density at radius 2 is 1.42 bits per heavy atom. The summed E-state index contributed by atoms with van der Waals surface area (Å²) in [5.74, 6) is -0.204. The Balaban J connectivity index is 2.48. The van der Waals surface area contributed by atoms with Crippen LogP contribution in [0.2, 0.25) is 61.9 Å². The van der Waals surface area contributed by atoms with E-state index in [0.29, 0.717) is 0 Å². The van der Waals surface area contributed by atoms with Gasteiger partial charge in [-0.2, -0.15) is 0 Å². The Morgan fingerprint density at radius 3 is 1.87 bits per heavy atom. The van der Waals surface area contributed by atoms with Gasteiger partial charge in [0.05, 0.1) is 12.2 Å². The lowest BCUT2D eigenvalue weighted by atomic mass is 9.78. The van der Waals surface area contributed by atoms with Crippen molar-refractivity contribution in [2.75, 3.05) is 0 Å². The van der Waals surface area contributed by atoms with E-state index in [1.54, 1.807) is 6.08 Å². The maximum absolute atomic E-state index is 12.6. The SMILES string of the molecule is CC(C)(C)[Si](C)(C)O[C@@H]1CC2=CC(=O)O[C@@]2(C[Si](C)(C)C)[C@@H](O[Si](C)(C)C(C)(C)C)C1. The maximum atomic E-state index is 12.6. The van der Waals surface area contributed by atoms with Crippen LogP contribution in [0.4, 0.5) is 0 Å². The van der Waals surface area contributed by atoms with Crippen molar-refractivity contribution in [1.82, 2.24) is 0 Å². The molecule has 0 radical (unpaired) electrons. The molecule has 0 bridgehead atoms. The van der Waals surface area contributed by atoms with Crippen LogP contribution in [0.15, 0.2) is 11.6 Å². The second kappa shape index (κ2) is 8.22. The summed E-state index contributed by atoms with van der Waals surface area (Å²) in [6, 6.07) is 0.906. The van der Waals surface area contributed by atoms with Crippen LogP contribution >= 0.6 is 0 Å². The number of esters is 1. The van der Waals surface area contributed by atoms with Crippen molar-refractivity contribution in [3.05, 3.63) is 11.6 Å². The number of rotatable bonds is 6. The molecule has 180 valence electrons. The standard InChI is InChI=1S/C24H48O4Si3/c1-22(2,3)30(10,11)27-19-14-18-15-21(25)26-24(18,17-29(7,8)9)20(16-19)28-31(12,13)23(4,5)6/h15,19-20H,14,16-17H2,1-13H3/t19-,20+,24-/m1/s1. The quantitative estimate of drug-likeness (QED) is 0.297. The van der Waals surface area contributed by atoms with Crippen LogP contribution in [0, 0.1) is 0 Å². The van der Waals surface area contributed by atoms with Crippen molar-refractivity contribution < 1.29 is 18.4 Å². The predicted octanol–water partition coefficient (Wildman–Crippen LogP) is 7.12. The second-order valence-corrected chi connectivity index (χ2v) is 29.0. The van der Waals surface area contributed by atoms with Gasteiger partial charge >= 0.3 is 5.97 Å². The highest BCUT2D eigenvalue weighted by atomic mass is 28.4. The Bertz CT molecular complexity index is 723. The molecule has 0 aromatic heterocycles. The van der Waals surface area contributed by atoms with Gasteiger partial charge in [-0.1, -0.05) is 61.2 Å². The fourth-order valence-corrected chi connectivity index (χ4v) is 9.03. The lowest BCUT2D eigenvalue weighted by Gasteiger charge is -2.52. The summed E-state index contributed by atoms with van der Waals surface area (Å²) < 4.78 is 20.1. The highest BCUT2D eigenvalue weighted by Crippen LogP contribution is 2.51. The fraction of sp³-hybridized carbons (Fsp3) is 0.875. The van der Waals surface area contributed by atoms with Gasteiger partial charge in [0, 0.05) is 20.6 Å². The third-order valence-electron chi connectivity index (χ3n) is 7.87. The van der Waals surface area contributed by atoms with Gasteiger partial charge in [0.1, 0.15) is 0 Å². The van der Waals surface area contributed by atoms with E-state index in [9.17, 15) is 4.79 Å². The van der Waals surface area contributed by atoms with Crippen molar-refractivity contribution in [2.24, 2.45) is 0 Å². The fourth-order valence-electron chi connectivity index (χ4n) is 4.21. The molecule has 2 rings (SSSR count). The molecule has 1 saturated carbocycles. The molecule has 0 unspecified atom stereocenters.